The van der Waals surface area contributed by atoms with Gasteiger partial charge >= 0.3 is 0 Å². The fourth-order valence-corrected chi connectivity index (χ4v) is 2.95. The lowest BCUT2D eigenvalue weighted by atomic mass is 9.85. The van der Waals surface area contributed by atoms with Crippen LogP contribution >= 0.6 is 0 Å². The number of rotatable bonds is 3. The summed E-state index contributed by atoms with van der Waals surface area (Å²) in [4.78, 5) is 0. The molecule has 2 nitrogen and oxygen atoms in total. The van der Waals surface area contributed by atoms with Gasteiger partial charge in [0.15, 0.2) is 0 Å². The molecule has 1 aromatic rings. The van der Waals surface area contributed by atoms with Crippen molar-refractivity contribution in [3.8, 4) is 0 Å². The standard InChI is InChI=1S/C17H28N2/c1-17(2,3)14-10-8-13(9-11-14)16(18-4)15-7-5-6-12-19-15/h8-11,15-16,18-19H,5-7,12H2,1-4H3. The molecule has 1 aliphatic rings. The Balaban J connectivity index is 2.14. The SMILES string of the molecule is CNC(c1ccc(C(C)(C)C)cc1)C1CCCCN1. The highest BCUT2D eigenvalue weighted by atomic mass is 15.0. The fourth-order valence-electron chi connectivity index (χ4n) is 2.95. The van der Waals surface area contributed by atoms with Crippen LogP contribution in [0.4, 0.5) is 0 Å². The van der Waals surface area contributed by atoms with Crippen LogP contribution in [0.1, 0.15) is 57.2 Å². The van der Waals surface area contributed by atoms with Crippen LogP contribution in [-0.4, -0.2) is 19.6 Å². The Morgan fingerprint density at radius 3 is 2.32 bits per heavy atom. The molecule has 0 spiro atoms. The minimum Gasteiger partial charge on any atom is -0.312 e. The van der Waals surface area contributed by atoms with Gasteiger partial charge in [0.2, 0.25) is 0 Å². The van der Waals surface area contributed by atoms with Gasteiger partial charge in [-0.05, 0) is 43.0 Å². The quantitative estimate of drug-likeness (QED) is 0.870. The smallest absolute Gasteiger partial charge is 0.0473 e. The molecule has 1 fully saturated rings. The molecule has 0 aliphatic carbocycles. The van der Waals surface area contributed by atoms with Crippen molar-refractivity contribution >= 4 is 0 Å². The van der Waals surface area contributed by atoms with Crippen LogP contribution in [0.5, 0.6) is 0 Å². The largest absolute Gasteiger partial charge is 0.312 e. The van der Waals surface area contributed by atoms with E-state index in [1.807, 2.05) is 0 Å². The Labute approximate surface area is 118 Å². The lowest BCUT2D eigenvalue weighted by molar-refractivity contribution is 0.326. The summed E-state index contributed by atoms with van der Waals surface area (Å²) >= 11 is 0. The third kappa shape index (κ3) is 3.58. The highest BCUT2D eigenvalue weighted by Gasteiger charge is 2.23. The van der Waals surface area contributed by atoms with Gasteiger partial charge in [-0.1, -0.05) is 51.5 Å². The molecular weight excluding hydrogens is 232 g/mol. The molecule has 2 N–H and O–H groups in total. The minimum atomic E-state index is 0.233. The van der Waals surface area contributed by atoms with E-state index in [0.29, 0.717) is 12.1 Å². The highest BCUT2D eigenvalue weighted by Crippen LogP contribution is 2.26. The van der Waals surface area contributed by atoms with Gasteiger partial charge in [-0.3, -0.25) is 0 Å². The molecule has 106 valence electrons. The van der Waals surface area contributed by atoms with Gasteiger partial charge in [0.05, 0.1) is 0 Å². The first kappa shape index (κ1) is 14.5. The first-order valence-electron chi connectivity index (χ1n) is 7.53. The van der Waals surface area contributed by atoms with Crippen molar-refractivity contribution in [2.45, 2.75) is 57.5 Å². The lowest BCUT2D eigenvalue weighted by Crippen LogP contribution is -2.43. The van der Waals surface area contributed by atoms with E-state index >= 15 is 0 Å². The molecule has 2 rings (SSSR count). The monoisotopic (exact) mass is 260 g/mol. The van der Waals surface area contributed by atoms with Crippen LogP contribution in [0.25, 0.3) is 0 Å². The summed E-state index contributed by atoms with van der Waals surface area (Å²) in [5.41, 5.74) is 3.04. The predicted octanol–water partition coefficient (Wildman–Crippen LogP) is 3.39. The molecule has 0 bridgehead atoms. The molecule has 0 saturated carbocycles. The van der Waals surface area contributed by atoms with Crippen LogP contribution in [-0.2, 0) is 5.41 Å². The molecule has 0 radical (unpaired) electrons. The number of hydrogen-bond donors (Lipinski definition) is 2. The van der Waals surface area contributed by atoms with Crippen LogP contribution in [0, 0.1) is 0 Å². The molecule has 0 aromatic heterocycles. The molecule has 1 aromatic carbocycles. The van der Waals surface area contributed by atoms with Crippen molar-refractivity contribution in [3.63, 3.8) is 0 Å². The first-order valence-corrected chi connectivity index (χ1v) is 7.53. The molecule has 1 heterocycles. The van der Waals surface area contributed by atoms with Crippen molar-refractivity contribution in [2.75, 3.05) is 13.6 Å². The summed E-state index contributed by atoms with van der Waals surface area (Å²) in [6, 6.07) is 10.1. The first-order chi connectivity index (χ1) is 9.02. The molecule has 0 amide bonds. The Hall–Kier alpha value is -0.860. The Morgan fingerprint density at radius 2 is 1.84 bits per heavy atom. The number of likely N-dealkylation sites (N-methyl/N-ethyl adjacent to an activating group) is 1. The van der Waals surface area contributed by atoms with E-state index in [-0.39, 0.29) is 5.41 Å². The van der Waals surface area contributed by atoms with E-state index in [1.165, 1.54) is 30.4 Å². The molecule has 1 saturated heterocycles. The molecule has 1 aliphatic heterocycles. The summed E-state index contributed by atoms with van der Waals surface area (Å²) < 4.78 is 0. The van der Waals surface area contributed by atoms with Gasteiger partial charge < -0.3 is 10.6 Å². The number of hydrogen-bond acceptors (Lipinski definition) is 2. The fraction of sp³-hybridized carbons (Fsp3) is 0.647. The van der Waals surface area contributed by atoms with Crippen molar-refractivity contribution in [3.05, 3.63) is 35.4 Å². The topological polar surface area (TPSA) is 24.1 Å². The molecule has 2 atom stereocenters. The second-order valence-corrected chi connectivity index (χ2v) is 6.69. The normalized spacial score (nSPS) is 22.2. The van der Waals surface area contributed by atoms with Gasteiger partial charge in [0.25, 0.3) is 0 Å². The predicted molar refractivity (Wildman–Crippen MR) is 82.6 cm³/mol. The van der Waals surface area contributed by atoms with E-state index in [4.69, 9.17) is 0 Å². The Morgan fingerprint density at radius 1 is 1.16 bits per heavy atom. The average molecular weight is 260 g/mol. The third-order valence-corrected chi connectivity index (χ3v) is 4.20. The molecule has 2 unspecified atom stereocenters. The number of nitrogens with one attached hydrogen (secondary N) is 2. The van der Waals surface area contributed by atoms with Crippen molar-refractivity contribution in [2.24, 2.45) is 0 Å². The van der Waals surface area contributed by atoms with E-state index < -0.39 is 0 Å². The van der Waals surface area contributed by atoms with Gasteiger partial charge in [-0.2, -0.15) is 0 Å². The highest BCUT2D eigenvalue weighted by molar-refractivity contribution is 5.30. The van der Waals surface area contributed by atoms with Gasteiger partial charge in [0.1, 0.15) is 0 Å². The Bertz CT molecular complexity index is 383. The maximum absolute atomic E-state index is 3.65. The average Bonchev–Trinajstić information content (AvgIpc) is 2.40. The van der Waals surface area contributed by atoms with E-state index in [2.05, 4.69) is 62.7 Å². The van der Waals surface area contributed by atoms with Gasteiger partial charge in [0, 0.05) is 12.1 Å². The van der Waals surface area contributed by atoms with Gasteiger partial charge in [-0.15, -0.1) is 0 Å². The van der Waals surface area contributed by atoms with E-state index in [1.54, 1.807) is 0 Å². The molecule has 19 heavy (non-hydrogen) atoms. The van der Waals surface area contributed by atoms with Crippen molar-refractivity contribution < 1.29 is 0 Å². The second-order valence-electron chi connectivity index (χ2n) is 6.69. The zero-order valence-electron chi connectivity index (χ0n) is 12.8. The number of piperidine rings is 1. The Kier molecular flexibility index (Phi) is 4.64. The van der Waals surface area contributed by atoms with Crippen LogP contribution in [0.15, 0.2) is 24.3 Å². The molecular formula is C17H28N2. The van der Waals surface area contributed by atoms with Crippen molar-refractivity contribution in [1.29, 1.82) is 0 Å². The number of benzene rings is 1. The maximum atomic E-state index is 3.65. The zero-order chi connectivity index (χ0) is 13.9. The lowest BCUT2D eigenvalue weighted by Gasteiger charge is -2.32. The summed E-state index contributed by atoms with van der Waals surface area (Å²) in [5.74, 6) is 0. The summed E-state index contributed by atoms with van der Waals surface area (Å²) in [6.07, 6.45) is 3.93. The third-order valence-electron chi connectivity index (χ3n) is 4.20. The van der Waals surface area contributed by atoms with Crippen molar-refractivity contribution in [1.82, 2.24) is 10.6 Å². The maximum Gasteiger partial charge on any atom is 0.0473 e. The minimum absolute atomic E-state index is 0.233. The van der Waals surface area contributed by atoms with E-state index in [0.717, 1.165) is 6.54 Å². The van der Waals surface area contributed by atoms with Crippen LogP contribution < -0.4 is 10.6 Å². The van der Waals surface area contributed by atoms with Crippen LogP contribution in [0.3, 0.4) is 0 Å². The second kappa shape index (κ2) is 6.06. The summed E-state index contributed by atoms with van der Waals surface area (Å²) in [5, 5.41) is 7.13. The summed E-state index contributed by atoms with van der Waals surface area (Å²) in [7, 11) is 2.07. The van der Waals surface area contributed by atoms with E-state index in [9.17, 15) is 0 Å². The van der Waals surface area contributed by atoms with Gasteiger partial charge in [-0.25, -0.2) is 0 Å². The summed E-state index contributed by atoms with van der Waals surface area (Å²) in [6.45, 7) is 7.95. The van der Waals surface area contributed by atoms with Crippen LogP contribution in [0.2, 0.25) is 0 Å². The molecule has 2 heteroatoms. The zero-order valence-corrected chi connectivity index (χ0v) is 12.8.